The summed E-state index contributed by atoms with van der Waals surface area (Å²) in [6, 6.07) is 3.26. The Bertz CT molecular complexity index is 1040. The van der Waals surface area contributed by atoms with Gasteiger partial charge in [-0.25, -0.2) is 9.59 Å². The number of hydrogen-bond donors (Lipinski definition) is 2. The van der Waals surface area contributed by atoms with Crippen molar-refractivity contribution in [3.63, 3.8) is 0 Å². The van der Waals surface area contributed by atoms with Gasteiger partial charge in [0.05, 0.1) is 5.56 Å². The fourth-order valence-corrected chi connectivity index (χ4v) is 5.80. The molecule has 2 aliphatic carbocycles. The number of cyclic esters (lactones) is 1. The number of aliphatic hydroxyl groups is 2. The molecule has 0 spiro atoms. The monoisotopic (exact) mass is 453 g/mol. The number of fused-ring (bicyclic) bond motifs is 1. The predicted octanol–water partition coefficient (Wildman–Crippen LogP) is 3.14. The van der Waals surface area contributed by atoms with Crippen LogP contribution >= 0.6 is 0 Å². The van der Waals surface area contributed by atoms with Gasteiger partial charge in [0, 0.05) is 29.3 Å². The van der Waals surface area contributed by atoms with E-state index in [-0.39, 0.29) is 24.1 Å². The number of aromatic nitrogens is 1. The minimum absolute atomic E-state index is 0.144. The summed E-state index contributed by atoms with van der Waals surface area (Å²) >= 11 is 0. The molecule has 2 heterocycles. The van der Waals surface area contributed by atoms with Gasteiger partial charge < -0.3 is 19.7 Å². The van der Waals surface area contributed by atoms with E-state index in [1.165, 1.54) is 12.3 Å². The van der Waals surface area contributed by atoms with Crippen LogP contribution in [-0.4, -0.2) is 51.6 Å². The Labute approximate surface area is 193 Å². The van der Waals surface area contributed by atoms with E-state index in [2.05, 4.69) is 11.1 Å². The second kappa shape index (κ2) is 8.22. The van der Waals surface area contributed by atoms with Gasteiger partial charge in [-0.3, -0.25) is 4.98 Å². The first-order valence-electron chi connectivity index (χ1n) is 11.3. The Morgan fingerprint density at radius 3 is 2.73 bits per heavy atom. The largest absolute Gasteiger partial charge is 0.458 e. The van der Waals surface area contributed by atoms with Crippen LogP contribution < -0.4 is 0 Å². The fourth-order valence-electron chi connectivity index (χ4n) is 5.80. The van der Waals surface area contributed by atoms with E-state index in [4.69, 9.17) is 9.47 Å². The lowest BCUT2D eigenvalue weighted by molar-refractivity contribution is -0.251. The molecule has 0 bridgehead atoms. The summed E-state index contributed by atoms with van der Waals surface area (Å²) in [5.74, 6) is -1.12. The molecule has 0 amide bonds. The van der Waals surface area contributed by atoms with Gasteiger partial charge in [-0.1, -0.05) is 37.6 Å². The first-order chi connectivity index (χ1) is 15.5. The van der Waals surface area contributed by atoms with Crippen molar-refractivity contribution in [3.8, 4) is 0 Å². The number of pyridine rings is 1. The third kappa shape index (κ3) is 3.63. The van der Waals surface area contributed by atoms with Crippen LogP contribution in [0, 0.1) is 16.7 Å². The third-order valence-electron chi connectivity index (χ3n) is 8.21. The highest BCUT2D eigenvalue weighted by Gasteiger charge is 2.68. The topological polar surface area (TPSA) is 106 Å². The molecule has 1 aliphatic heterocycles. The van der Waals surface area contributed by atoms with Crippen molar-refractivity contribution < 1.29 is 29.3 Å². The van der Waals surface area contributed by atoms with E-state index in [1.807, 2.05) is 26.8 Å². The summed E-state index contributed by atoms with van der Waals surface area (Å²) in [5.41, 5.74) is -1.20. The Balaban J connectivity index is 1.76. The van der Waals surface area contributed by atoms with Crippen LogP contribution in [0.4, 0.5) is 0 Å². The van der Waals surface area contributed by atoms with Crippen LogP contribution in [-0.2, 0) is 14.3 Å². The lowest BCUT2D eigenvalue weighted by Crippen LogP contribution is -2.71. The second-order valence-electron chi connectivity index (χ2n) is 9.90. The van der Waals surface area contributed by atoms with Gasteiger partial charge in [-0.05, 0) is 50.3 Å². The predicted molar refractivity (Wildman–Crippen MR) is 121 cm³/mol. The number of carbonyl (C=O) groups excluding carboxylic acids is 2. The van der Waals surface area contributed by atoms with Crippen LogP contribution in [0.1, 0.15) is 50.9 Å². The molecule has 0 aromatic carbocycles. The van der Waals surface area contributed by atoms with Crippen LogP contribution in [0.3, 0.4) is 0 Å². The quantitative estimate of drug-likeness (QED) is 0.533. The molecule has 33 heavy (non-hydrogen) atoms. The molecular weight excluding hydrogens is 422 g/mol. The van der Waals surface area contributed by atoms with Gasteiger partial charge in [0.25, 0.3) is 0 Å². The second-order valence-corrected chi connectivity index (χ2v) is 9.90. The van der Waals surface area contributed by atoms with E-state index in [9.17, 15) is 19.8 Å². The number of carbonyl (C=O) groups is 2. The molecule has 7 nitrogen and oxygen atoms in total. The number of esters is 2. The minimum Gasteiger partial charge on any atom is -0.458 e. The molecule has 1 aromatic heterocycles. The highest BCUT2D eigenvalue weighted by Crippen LogP contribution is 2.63. The molecular formula is C26H31NO6. The number of aliphatic hydroxyl groups excluding tert-OH is 1. The SMILES string of the molecule is CC1=CCC[C@H]2[C@@]1(C)[C@@H](OC(=O)c1cccnc1)[C@H](O)[C@](C)(O)[C@]2(C)C=CC1=CC(=O)OC1. The summed E-state index contributed by atoms with van der Waals surface area (Å²) in [6.45, 7) is 7.68. The maximum Gasteiger partial charge on any atom is 0.340 e. The number of allylic oxidation sites excluding steroid dienone is 1. The average Bonchev–Trinajstić information content (AvgIpc) is 3.21. The molecule has 1 saturated carbocycles. The average molecular weight is 454 g/mol. The van der Waals surface area contributed by atoms with Crippen molar-refractivity contribution in [3.05, 3.63) is 65.5 Å². The lowest BCUT2D eigenvalue weighted by Gasteiger charge is -2.64. The van der Waals surface area contributed by atoms with Crippen molar-refractivity contribution >= 4 is 11.9 Å². The zero-order chi connectivity index (χ0) is 24.0. The summed E-state index contributed by atoms with van der Waals surface area (Å²) < 4.78 is 10.9. The van der Waals surface area contributed by atoms with Crippen LogP contribution in [0.25, 0.3) is 0 Å². The summed E-state index contributed by atoms with van der Waals surface area (Å²) in [7, 11) is 0. The van der Waals surface area contributed by atoms with Crippen molar-refractivity contribution in [2.45, 2.75) is 58.3 Å². The van der Waals surface area contributed by atoms with Crippen molar-refractivity contribution in [1.29, 1.82) is 0 Å². The molecule has 2 N–H and O–H groups in total. The zero-order valence-corrected chi connectivity index (χ0v) is 19.4. The molecule has 0 radical (unpaired) electrons. The Kier molecular flexibility index (Phi) is 5.83. The Morgan fingerprint density at radius 2 is 2.09 bits per heavy atom. The first-order valence-corrected chi connectivity index (χ1v) is 11.3. The van der Waals surface area contributed by atoms with Gasteiger partial charge in [0.1, 0.15) is 24.4 Å². The van der Waals surface area contributed by atoms with Crippen molar-refractivity contribution in [2.75, 3.05) is 6.61 Å². The van der Waals surface area contributed by atoms with E-state index in [0.717, 1.165) is 18.4 Å². The summed E-state index contributed by atoms with van der Waals surface area (Å²) in [4.78, 5) is 28.4. The maximum atomic E-state index is 12.9. The number of rotatable bonds is 4. The van der Waals surface area contributed by atoms with Gasteiger partial charge in [-0.15, -0.1) is 0 Å². The zero-order valence-electron chi connectivity index (χ0n) is 19.4. The molecule has 0 saturated heterocycles. The third-order valence-corrected chi connectivity index (χ3v) is 8.21. The molecule has 4 rings (SSSR count). The highest BCUT2D eigenvalue weighted by atomic mass is 16.6. The van der Waals surface area contributed by atoms with Crippen molar-refractivity contribution in [1.82, 2.24) is 4.98 Å². The van der Waals surface area contributed by atoms with Gasteiger partial charge in [0.2, 0.25) is 0 Å². The first kappa shape index (κ1) is 23.4. The van der Waals surface area contributed by atoms with Gasteiger partial charge in [-0.2, -0.15) is 0 Å². The van der Waals surface area contributed by atoms with Gasteiger partial charge in [0.15, 0.2) is 0 Å². The minimum atomic E-state index is -1.62. The van der Waals surface area contributed by atoms with Gasteiger partial charge >= 0.3 is 11.9 Å². The molecule has 0 unspecified atom stereocenters. The standard InChI is InChI=1S/C26H31NO6/c1-16-7-5-9-19-24(2,11-10-17-13-20(28)32-15-17)26(4,31)21(29)22(25(16,19)3)33-23(30)18-8-6-12-27-14-18/h6-8,10-14,19,21-22,29,31H,5,9,15H2,1-4H3/t19-,21+,22+,24-,25+,26+/m1/s1. The molecule has 1 fully saturated rings. The van der Waals surface area contributed by atoms with E-state index in [1.54, 1.807) is 31.3 Å². The molecule has 7 heteroatoms. The smallest absolute Gasteiger partial charge is 0.340 e. The number of hydrogen-bond acceptors (Lipinski definition) is 7. The number of ether oxygens (including phenoxy) is 2. The van der Waals surface area contributed by atoms with E-state index in [0.29, 0.717) is 5.57 Å². The Hall–Kier alpha value is -2.77. The van der Waals surface area contributed by atoms with Crippen LogP contribution in [0.2, 0.25) is 0 Å². The lowest BCUT2D eigenvalue weighted by atomic mass is 9.44. The summed E-state index contributed by atoms with van der Waals surface area (Å²) in [6.07, 6.45) is 9.45. The van der Waals surface area contributed by atoms with E-state index >= 15 is 0 Å². The van der Waals surface area contributed by atoms with Crippen molar-refractivity contribution in [2.24, 2.45) is 16.7 Å². The summed E-state index contributed by atoms with van der Waals surface area (Å²) in [5, 5.41) is 23.2. The van der Waals surface area contributed by atoms with Crippen LogP contribution in [0.15, 0.2) is 60.0 Å². The van der Waals surface area contributed by atoms with E-state index < -0.39 is 34.6 Å². The molecule has 6 atom stereocenters. The van der Waals surface area contributed by atoms with Crippen LogP contribution in [0.5, 0.6) is 0 Å². The Morgan fingerprint density at radius 1 is 1.33 bits per heavy atom. The molecule has 176 valence electrons. The molecule has 1 aromatic rings. The molecule has 3 aliphatic rings. The number of nitrogens with zero attached hydrogens (tertiary/aromatic N) is 1. The fraction of sp³-hybridized carbons (Fsp3) is 0.500. The highest BCUT2D eigenvalue weighted by molar-refractivity contribution is 5.89. The normalized spacial score (nSPS) is 38.4. The maximum absolute atomic E-state index is 12.9.